The van der Waals surface area contributed by atoms with Crippen LogP contribution in [0.1, 0.15) is 5.56 Å². The molecule has 0 heterocycles. The minimum absolute atomic E-state index is 0.0836. The normalized spacial score (nSPS) is 11.7. The van der Waals surface area contributed by atoms with Gasteiger partial charge in [0.25, 0.3) is 0 Å². The average Bonchev–Trinajstić information content (AvgIpc) is 2.54. The van der Waals surface area contributed by atoms with E-state index < -0.39 is 9.84 Å². The maximum Gasteiger partial charge on any atom is 0.179 e. The predicted molar refractivity (Wildman–Crippen MR) is 95.5 cm³/mol. The number of halogens is 1. The Bertz CT molecular complexity index is 745. The van der Waals surface area contributed by atoms with Crippen molar-refractivity contribution in [3.05, 3.63) is 58.6 Å². The molecule has 23 heavy (non-hydrogen) atoms. The summed E-state index contributed by atoms with van der Waals surface area (Å²) in [6, 6.07) is 14.5. The first-order valence-corrected chi connectivity index (χ1v) is 9.65. The van der Waals surface area contributed by atoms with Crippen LogP contribution in [0.3, 0.4) is 0 Å². The van der Waals surface area contributed by atoms with Crippen molar-refractivity contribution in [2.45, 2.75) is 11.4 Å². The lowest BCUT2D eigenvalue weighted by Gasteiger charge is -2.18. The van der Waals surface area contributed by atoms with Crippen molar-refractivity contribution in [3.8, 4) is 5.75 Å². The van der Waals surface area contributed by atoms with Crippen molar-refractivity contribution in [2.24, 2.45) is 0 Å². The Morgan fingerprint density at radius 2 is 1.74 bits per heavy atom. The molecule has 2 rings (SSSR count). The number of rotatable bonds is 7. The van der Waals surface area contributed by atoms with Gasteiger partial charge in [-0.05, 0) is 37.4 Å². The van der Waals surface area contributed by atoms with Crippen molar-refractivity contribution in [3.63, 3.8) is 0 Å². The first-order valence-electron chi connectivity index (χ1n) is 7.21. The lowest BCUT2D eigenvalue weighted by atomic mass is 10.2. The highest BCUT2D eigenvalue weighted by Crippen LogP contribution is 2.19. The lowest BCUT2D eigenvalue weighted by Crippen LogP contribution is -2.25. The van der Waals surface area contributed by atoms with Crippen LogP contribution in [0.25, 0.3) is 0 Å². The van der Waals surface area contributed by atoms with E-state index in [1.165, 1.54) is 0 Å². The smallest absolute Gasteiger partial charge is 0.179 e. The number of sulfone groups is 1. The number of methoxy groups -OCH3 is 1. The van der Waals surface area contributed by atoms with E-state index in [9.17, 15) is 8.42 Å². The van der Waals surface area contributed by atoms with Gasteiger partial charge in [0, 0.05) is 23.1 Å². The topological polar surface area (TPSA) is 46.6 Å². The minimum atomic E-state index is -3.27. The number of para-hydroxylation sites is 1. The van der Waals surface area contributed by atoms with Crippen LogP contribution in [0.15, 0.2) is 57.9 Å². The maximum atomic E-state index is 12.4. The molecule has 0 aliphatic rings. The van der Waals surface area contributed by atoms with Crippen LogP contribution >= 0.6 is 15.9 Å². The molecule has 0 unspecified atom stereocenters. The van der Waals surface area contributed by atoms with Crippen LogP contribution in [0.2, 0.25) is 0 Å². The van der Waals surface area contributed by atoms with Crippen molar-refractivity contribution < 1.29 is 13.2 Å². The van der Waals surface area contributed by atoms with Gasteiger partial charge in [-0.3, -0.25) is 0 Å². The summed E-state index contributed by atoms with van der Waals surface area (Å²) in [6.07, 6.45) is 0. The number of hydrogen-bond acceptors (Lipinski definition) is 4. The third kappa shape index (κ3) is 5.06. The molecule has 0 aromatic heterocycles. The lowest BCUT2D eigenvalue weighted by molar-refractivity contribution is 0.333. The standard InChI is InChI=1S/C17H20BrNO3S/c1-19(13-14-5-3-4-6-17(14)22-2)11-12-23(20,21)16-9-7-15(18)8-10-16/h3-10H,11-13H2,1-2H3. The van der Waals surface area contributed by atoms with Crippen molar-refractivity contribution in [1.29, 1.82) is 0 Å². The summed E-state index contributed by atoms with van der Waals surface area (Å²) < 4.78 is 30.9. The van der Waals surface area contributed by atoms with Gasteiger partial charge in [0.2, 0.25) is 0 Å². The van der Waals surface area contributed by atoms with E-state index in [-0.39, 0.29) is 5.75 Å². The van der Waals surface area contributed by atoms with Crippen LogP contribution in [0.4, 0.5) is 0 Å². The third-order valence-corrected chi connectivity index (χ3v) is 5.79. The molecule has 0 saturated carbocycles. The summed E-state index contributed by atoms with van der Waals surface area (Å²) >= 11 is 3.31. The molecular formula is C17H20BrNO3S. The first-order chi connectivity index (χ1) is 10.9. The molecule has 6 heteroatoms. The van der Waals surface area contributed by atoms with Gasteiger partial charge in [0.05, 0.1) is 17.8 Å². The molecule has 0 fully saturated rings. The molecule has 4 nitrogen and oxygen atoms in total. The molecule has 124 valence electrons. The quantitative estimate of drug-likeness (QED) is 0.718. The fourth-order valence-corrected chi connectivity index (χ4v) is 3.84. The van der Waals surface area contributed by atoms with Gasteiger partial charge in [-0.25, -0.2) is 8.42 Å². The Morgan fingerprint density at radius 3 is 2.39 bits per heavy atom. The largest absolute Gasteiger partial charge is 0.496 e. The summed E-state index contributed by atoms with van der Waals surface area (Å²) in [6.45, 7) is 1.09. The maximum absolute atomic E-state index is 12.4. The molecule has 0 amide bonds. The Kier molecular flexibility index (Phi) is 6.21. The number of hydrogen-bond donors (Lipinski definition) is 0. The van der Waals surface area contributed by atoms with Gasteiger partial charge in [-0.15, -0.1) is 0 Å². The molecule has 2 aromatic carbocycles. The Morgan fingerprint density at radius 1 is 1.09 bits per heavy atom. The highest BCUT2D eigenvalue weighted by Gasteiger charge is 2.15. The zero-order valence-corrected chi connectivity index (χ0v) is 15.6. The molecule has 0 spiro atoms. The minimum Gasteiger partial charge on any atom is -0.496 e. The summed E-state index contributed by atoms with van der Waals surface area (Å²) in [5, 5.41) is 0. The molecule has 0 saturated heterocycles. The third-order valence-electron chi connectivity index (χ3n) is 3.55. The second-order valence-corrected chi connectivity index (χ2v) is 8.35. The van der Waals surface area contributed by atoms with Gasteiger partial charge in [-0.2, -0.15) is 0 Å². The van der Waals surface area contributed by atoms with E-state index in [1.54, 1.807) is 31.4 Å². The van der Waals surface area contributed by atoms with Gasteiger partial charge in [0.1, 0.15) is 5.75 Å². The van der Waals surface area contributed by atoms with Crippen molar-refractivity contribution in [2.75, 3.05) is 26.5 Å². The molecular weight excluding hydrogens is 378 g/mol. The van der Waals surface area contributed by atoms with E-state index >= 15 is 0 Å². The van der Waals surface area contributed by atoms with E-state index in [1.807, 2.05) is 36.2 Å². The fraction of sp³-hybridized carbons (Fsp3) is 0.294. The Labute approximate surface area is 146 Å². The highest BCUT2D eigenvalue weighted by molar-refractivity contribution is 9.10. The number of nitrogens with zero attached hydrogens (tertiary/aromatic N) is 1. The summed E-state index contributed by atoms with van der Waals surface area (Å²) in [5.74, 6) is 0.899. The summed E-state index contributed by atoms with van der Waals surface area (Å²) in [4.78, 5) is 2.33. The van der Waals surface area contributed by atoms with E-state index in [0.29, 0.717) is 18.0 Å². The van der Waals surface area contributed by atoms with Crippen molar-refractivity contribution in [1.82, 2.24) is 4.90 Å². The summed E-state index contributed by atoms with van der Waals surface area (Å²) in [7, 11) is 0.268. The van der Waals surface area contributed by atoms with Crippen molar-refractivity contribution >= 4 is 25.8 Å². The molecule has 0 atom stereocenters. The van der Waals surface area contributed by atoms with Gasteiger partial charge in [-0.1, -0.05) is 34.1 Å². The van der Waals surface area contributed by atoms with Crippen LogP contribution in [-0.2, 0) is 16.4 Å². The molecule has 2 aromatic rings. The first kappa shape index (κ1) is 18.0. The average molecular weight is 398 g/mol. The van der Waals surface area contributed by atoms with Crippen LogP contribution in [0, 0.1) is 0 Å². The molecule has 0 aliphatic heterocycles. The van der Waals surface area contributed by atoms with E-state index in [4.69, 9.17) is 4.74 Å². The van der Waals surface area contributed by atoms with Gasteiger partial charge < -0.3 is 9.64 Å². The summed E-state index contributed by atoms with van der Waals surface area (Å²) in [5.41, 5.74) is 1.04. The number of ether oxygens (including phenoxy) is 1. The molecule has 0 N–H and O–H groups in total. The second-order valence-electron chi connectivity index (χ2n) is 5.32. The highest BCUT2D eigenvalue weighted by atomic mass is 79.9. The monoisotopic (exact) mass is 397 g/mol. The molecule has 0 aliphatic carbocycles. The van der Waals surface area contributed by atoms with Crippen LogP contribution < -0.4 is 4.74 Å². The van der Waals surface area contributed by atoms with E-state index in [0.717, 1.165) is 15.8 Å². The molecule has 0 radical (unpaired) electrons. The zero-order chi connectivity index (χ0) is 16.9. The fourth-order valence-electron chi connectivity index (χ4n) is 2.24. The van der Waals surface area contributed by atoms with Crippen LogP contribution in [-0.4, -0.2) is 39.8 Å². The predicted octanol–water partition coefficient (Wildman–Crippen LogP) is 3.36. The van der Waals surface area contributed by atoms with Gasteiger partial charge in [0.15, 0.2) is 9.84 Å². The van der Waals surface area contributed by atoms with Gasteiger partial charge >= 0.3 is 0 Å². The Balaban J connectivity index is 1.98. The zero-order valence-electron chi connectivity index (χ0n) is 13.2. The number of benzene rings is 2. The SMILES string of the molecule is COc1ccccc1CN(C)CCS(=O)(=O)c1ccc(Br)cc1. The van der Waals surface area contributed by atoms with E-state index in [2.05, 4.69) is 15.9 Å². The van der Waals surface area contributed by atoms with Crippen LogP contribution in [0.5, 0.6) is 5.75 Å². The molecule has 0 bridgehead atoms. The Hall–Kier alpha value is -1.37. The second kappa shape index (κ2) is 7.95.